The highest BCUT2D eigenvalue weighted by Gasteiger charge is 2.30. The van der Waals surface area contributed by atoms with Crippen molar-refractivity contribution >= 4 is 21.9 Å². The van der Waals surface area contributed by atoms with Crippen molar-refractivity contribution in [1.82, 2.24) is 9.88 Å². The molecule has 1 saturated heterocycles. The lowest BCUT2D eigenvalue weighted by Gasteiger charge is -2.20. The van der Waals surface area contributed by atoms with Crippen LogP contribution in [0.5, 0.6) is 0 Å². The molecule has 5 heteroatoms. The molecule has 1 aromatic heterocycles. The van der Waals surface area contributed by atoms with Gasteiger partial charge in [0.05, 0.1) is 0 Å². The number of carbonyl (C=O) groups is 1. The molecule has 86 valence electrons. The van der Waals surface area contributed by atoms with E-state index < -0.39 is 5.97 Å². The van der Waals surface area contributed by atoms with E-state index in [0.29, 0.717) is 6.54 Å². The number of aromatic nitrogens is 1. The van der Waals surface area contributed by atoms with Gasteiger partial charge in [0.25, 0.3) is 0 Å². The molecule has 2 heterocycles. The van der Waals surface area contributed by atoms with E-state index in [2.05, 4.69) is 20.9 Å². The minimum absolute atomic E-state index is 0.334. The highest BCUT2D eigenvalue weighted by molar-refractivity contribution is 9.10. The number of likely N-dealkylation sites (tertiary alicyclic amines) is 1. The second-order valence-corrected chi connectivity index (χ2v) is 4.89. The molecular formula is C11H13BrN2O2. The number of carboxylic acids is 1. The maximum atomic E-state index is 11.0. The average molecular weight is 285 g/mol. The molecule has 2 rings (SSSR count). The third-order valence-corrected chi connectivity index (χ3v) is 3.23. The fourth-order valence-electron chi connectivity index (χ4n) is 2.07. The first kappa shape index (κ1) is 11.5. The predicted octanol–water partition coefficient (Wildman–Crippen LogP) is 1.89. The van der Waals surface area contributed by atoms with Crippen molar-refractivity contribution in [3.63, 3.8) is 0 Å². The van der Waals surface area contributed by atoms with Crippen LogP contribution in [0.3, 0.4) is 0 Å². The highest BCUT2D eigenvalue weighted by Crippen LogP contribution is 2.21. The van der Waals surface area contributed by atoms with Crippen molar-refractivity contribution in [2.45, 2.75) is 25.4 Å². The molecule has 1 aliphatic rings. The van der Waals surface area contributed by atoms with E-state index >= 15 is 0 Å². The molecule has 0 amide bonds. The first-order valence-electron chi connectivity index (χ1n) is 5.23. The number of hydrogen-bond acceptors (Lipinski definition) is 3. The van der Waals surface area contributed by atoms with Crippen molar-refractivity contribution in [3.05, 3.63) is 28.5 Å². The summed E-state index contributed by atoms with van der Waals surface area (Å²) < 4.78 is 0.927. The normalized spacial score (nSPS) is 21.2. The summed E-state index contributed by atoms with van der Waals surface area (Å²) in [6.45, 7) is 1.51. The van der Waals surface area contributed by atoms with Gasteiger partial charge in [0.2, 0.25) is 0 Å². The fourth-order valence-corrected chi connectivity index (χ4v) is 2.48. The molecule has 1 atom stereocenters. The lowest BCUT2D eigenvalue weighted by atomic mass is 10.2. The lowest BCUT2D eigenvalue weighted by molar-refractivity contribution is -0.142. The van der Waals surface area contributed by atoms with Gasteiger partial charge in [0, 0.05) is 23.4 Å². The summed E-state index contributed by atoms with van der Waals surface area (Å²) in [5.41, 5.74) is 1.04. The molecule has 4 nitrogen and oxygen atoms in total. The number of hydrogen-bond donors (Lipinski definition) is 1. The van der Waals surface area contributed by atoms with Crippen LogP contribution < -0.4 is 0 Å². The summed E-state index contributed by atoms with van der Waals surface area (Å²) in [5.74, 6) is -0.722. The smallest absolute Gasteiger partial charge is 0.320 e. The standard InChI is InChI=1S/C11H13BrN2O2/c12-9-4-8(5-13-6-9)7-14-3-1-2-10(14)11(15)16/h4-6,10H,1-3,7H2,(H,15,16)/t10-/m1/s1. The Balaban J connectivity index is 2.06. The van der Waals surface area contributed by atoms with Crippen LogP contribution in [0.4, 0.5) is 0 Å². The van der Waals surface area contributed by atoms with Gasteiger partial charge in [0.15, 0.2) is 0 Å². The van der Waals surface area contributed by atoms with Gasteiger partial charge in [-0.25, -0.2) is 0 Å². The summed E-state index contributed by atoms with van der Waals surface area (Å²) in [5, 5.41) is 9.05. The van der Waals surface area contributed by atoms with Gasteiger partial charge in [-0.1, -0.05) is 0 Å². The molecule has 1 aliphatic heterocycles. The van der Waals surface area contributed by atoms with Crippen molar-refractivity contribution in [3.8, 4) is 0 Å². The molecule has 0 unspecified atom stereocenters. The van der Waals surface area contributed by atoms with E-state index in [1.165, 1.54) is 0 Å². The fraction of sp³-hybridized carbons (Fsp3) is 0.455. The first-order chi connectivity index (χ1) is 7.66. The van der Waals surface area contributed by atoms with Crippen LogP contribution in [0.25, 0.3) is 0 Å². The largest absolute Gasteiger partial charge is 0.480 e. The van der Waals surface area contributed by atoms with Crippen molar-refractivity contribution in [2.75, 3.05) is 6.54 Å². The van der Waals surface area contributed by atoms with Crippen LogP contribution in [0.15, 0.2) is 22.9 Å². The molecule has 16 heavy (non-hydrogen) atoms. The van der Waals surface area contributed by atoms with Crippen LogP contribution in [0.2, 0.25) is 0 Å². The summed E-state index contributed by atoms with van der Waals surface area (Å²) in [6.07, 6.45) is 5.21. The van der Waals surface area contributed by atoms with Crippen molar-refractivity contribution in [1.29, 1.82) is 0 Å². The van der Waals surface area contributed by atoms with Gasteiger partial charge in [0.1, 0.15) is 6.04 Å². The SMILES string of the molecule is O=C(O)[C@H]1CCCN1Cc1cncc(Br)c1. The minimum atomic E-state index is -0.722. The number of aliphatic carboxylic acids is 1. The molecule has 0 aliphatic carbocycles. The van der Waals surface area contributed by atoms with Gasteiger partial charge in [-0.3, -0.25) is 14.7 Å². The molecule has 0 radical (unpaired) electrons. The van der Waals surface area contributed by atoms with Crippen molar-refractivity contribution in [2.24, 2.45) is 0 Å². The Labute approximate surface area is 102 Å². The molecular weight excluding hydrogens is 272 g/mol. The van der Waals surface area contributed by atoms with Crippen molar-refractivity contribution < 1.29 is 9.90 Å². The predicted molar refractivity (Wildman–Crippen MR) is 63.0 cm³/mol. The van der Waals surface area contributed by atoms with E-state index in [0.717, 1.165) is 29.4 Å². The van der Waals surface area contributed by atoms with Crippen LogP contribution in [-0.2, 0) is 11.3 Å². The third-order valence-electron chi connectivity index (χ3n) is 2.80. The number of pyridine rings is 1. The molecule has 1 N–H and O–H groups in total. The minimum Gasteiger partial charge on any atom is -0.480 e. The van der Waals surface area contributed by atoms with E-state index in [-0.39, 0.29) is 6.04 Å². The molecule has 0 saturated carbocycles. The van der Waals surface area contributed by atoms with Gasteiger partial charge in [-0.2, -0.15) is 0 Å². The topological polar surface area (TPSA) is 53.4 Å². The monoisotopic (exact) mass is 284 g/mol. The van der Waals surface area contributed by atoms with Gasteiger partial charge in [-0.05, 0) is 46.9 Å². The van der Waals surface area contributed by atoms with Crippen LogP contribution in [-0.4, -0.2) is 33.5 Å². The van der Waals surface area contributed by atoms with Gasteiger partial charge >= 0.3 is 5.97 Å². The highest BCUT2D eigenvalue weighted by atomic mass is 79.9. The molecule has 0 spiro atoms. The average Bonchev–Trinajstić information content (AvgIpc) is 2.66. The zero-order valence-electron chi connectivity index (χ0n) is 8.77. The van der Waals surface area contributed by atoms with E-state index in [9.17, 15) is 4.79 Å². The second-order valence-electron chi connectivity index (χ2n) is 3.98. The Bertz CT molecular complexity index is 397. The number of rotatable bonds is 3. The summed E-state index contributed by atoms with van der Waals surface area (Å²) >= 11 is 3.36. The zero-order valence-corrected chi connectivity index (χ0v) is 10.4. The first-order valence-corrected chi connectivity index (χ1v) is 6.02. The Morgan fingerprint density at radius 3 is 3.12 bits per heavy atom. The Morgan fingerprint density at radius 1 is 1.62 bits per heavy atom. The van der Waals surface area contributed by atoms with E-state index in [1.807, 2.05) is 11.0 Å². The van der Waals surface area contributed by atoms with Crippen LogP contribution >= 0.6 is 15.9 Å². The van der Waals surface area contributed by atoms with E-state index in [1.54, 1.807) is 12.4 Å². The summed E-state index contributed by atoms with van der Waals surface area (Å²) in [6, 6.07) is 1.64. The number of carboxylic acid groups (broad SMARTS) is 1. The van der Waals surface area contributed by atoms with Gasteiger partial charge in [-0.15, -0.1) is 0 Å². The molecule has 0 aromatic carbocycles. The lowest BCUT2D eigenvalue weighted by Crippen LogP contribution is -2.35. The summed E-state index contributed by atoms with van der Waals surface area (Å²) in [7, 11) is 0. The van der Waals surface area contributed by atoms with Crippen LogP contribution in [0, 0.1) is 0 Å². The Morgan fingerprint density at radius 2 is 2.44 bits per heavy atom. The summed E-state index contributed by atoms with van der Waals surface area (Å²) in [4.78, 5) is 17.1. The second kappa shape index (κ2) is 4.93. The third kappa shape index (κ3) is 2.59. The maximum Gasteiger partial charge on any atom is 0.320 e. The van der Waals surface area contributed by atoms with Crippen LogP contribution in [0.1, 0.15) is 18.4 Å². The molecule has 0 bridgehead atoms. The number of nitrogens with zero attached hydrogens (tertiary/aromatic N) is 2. The maximum absolute atomic E-state index is 11.0. The quantitative estimate of drug-likeness (QED) is 0.921. The zero-order chi connectivity index (χ0) is 11.5. The molecule has 1 fully saturated rings. The van der Waals surface area contributed by atoms with E-state index in [4.69, 9.17) is 5.11 Å². The Hall–Kier alpha value is -0.940. The Kier molecular flexibility index (Phi) is 3.56. The van der Waals surface area contributed by atoms with Gasteiger partial charge < -0.3 is 5.11 Å². The molecule has 1 aromatic rings. The number of halogens is 1.